The van der Waals surface area contributed by atoms with Crippen LogP contribution in [0.25, 0.3) is 11.1 Å². The van der Waals surface area contributed by atoms with Gasteiger partial charge in [-0.15, -0.1) is 0 Å². The number of nitrogens with zero attached hydrogens (tertiary/aromatic N) is 2. The Morgan fingerprint density at radius 1 is 1.16 bits per heavy atom. The van der Waals surface area contributed by atoms with Gasteiger partial charge in [0.25, 0.3) is 5.91 Å². The van der Waals surface area contributed by atoms with Gasteiger partial charge in [0.05, 0.1) is 11.1 Å². The lowest BCUT2D eigenvalue weighted by Crippen LogP contribution is -2.14. The summed E-state index contributed by atoms with van der Waals surface area (Å²) in [5.41, 5.74) is 2.23. The van der Waals surface area contributed by atoms with E-state index in [0.717, 1.165) is 36.1 Å². The minimum atomic E-state index is -4.53. The molecule has 1 heterocycles. The van der Waals surface area contributed by atoms with Crippen molar-refractivity contribution in [3.05, 3.63) is 77.0 Å². The Labute approximate surface area is 182 Å². The van der Waals surface area contributed by atoms with Gasteiger partial charge in [-0.1, -0.05) is 12.1 Å². The molecule has 8 heteroatoms. The van der Waals surface area contributed by atoms with Gasteiger partial charge < -0.3 is 10.6 Å². The van der Waals surface area contributed by atoms with Crippen LogP contribution in [0, 0.1) is 18.3 Å². The van der Waals surface area contributed by atoms with Crippen molar-refractivity contribution in [1.29, 1.82) is 5.26 Å². The third-order valence-electron chi connectivity index (χ3n) is 5.18. The molecular formula is C24H19F3N4O. The van der Waals surface area contributed by atoms with E-state index < -0.39 is 17.6 Å². The zero-order valence-corrected chi connectivity index (χ0v) is 17.1. The van der Waals surface area contributed by atoms with Crippen LogP contribution in [0.4, 0.5) is 24.7 Å². The van der Waals surface area contributed by atoms with Gasteiger partial charge in [0.1, 0.15) is 11.9 Å². The van der Waals surface area contributed by atoms with Gasteiger partial charge in [-0.3, -0.25) is 4.79 Å². The van der Waals surface area contributed by atoms with Gasteiger partial charge >= 0.3 is 6.18 Å². The Kier molecular flexibility index (Phi) is 5.57. The number of aromatic nitrogens is 1. The summed E-state index contributed by atoms with van der Waals surface area (Å²) in [4.78, 5) is 16.9. The van der Waals surface area contributed by atoms with Gasteiger partial charge in [-0.05, 0) is 67.3 Å². The van der Waals surface area contributed by atoms with Crippen molar-refractivity contribution in [1.82, 2.24) is 4.98 Å². The van der Waals surface area contributed by atoms with E-state index in [1.165, 1.54) is 12.1 Å². The lowest BCUT2D eigenvalue weighted by molar-refractivity contribution is -0.137. The smallest absolute Gasteiger partial charge is 0.366 e. The lowest BCUT2D eigenvalue weighted by atomic mass is 10.00. The second kappa shape index (κ2) is 8.35. The predicted octanol–water partition coefficient (Wildman–Crippen LogP) is 5.77. The van der Waals surface area contributed by atoms with Crippen molar-refractivity contribution in [2.24, 2.45) is 0 Å². The first-order valence-corrected chi connectivity index (χ1v) is 10.0. The number of anilines is 2. The van der Waals surface area contributed by atoms with E-state index in [1.54, 1.807) is 30.5 Å². The molecule has 5 nitrogen and oxygen atoms in total. The molecule has 0 radical (unpaired) electrons. The predicted molar refractivity (Wildman–Crippen MR) is 115 cm³/mol. The molecule has 1 aliphatic rings. The Bertz CT molecular complexity index is 1230. The summed E-state index contributed by atoms with van der Waals surface area (Å²) in [5, 5.41) is 15.4. The van der Waals surface area contributed by atoms with E-state index in [2.05, 4.69) is 21.7 Å². The molecule has 3 aromatic rings. The van der Waals surface area contributed by atoms with Crippen molar-refractivity contribution in [3.63, 3.8) is 0 Å². The first-order valence-electron chi connectivity index (χ1n) is 10.0. The molecule has 1 aromatic heterocycles. The summed E-state index contributed by atoms with van der Waals surface area (Å²) >= 11 is 0. The number of halogens is 3. The van der Waals surface area contributed by atoms with Crippen LogP contribution in [0.1, 0.15) is 39.9 Å². The van der Waals surface area contributed by atoms with E-state index in [9.17, 15) is 23.2 Å². The van der Waals surface area contributed by atoms with Crippen molar-refractivity contribution < 1.29 is 18.0 Å². The number of carbonyl (C=O) groups excluding carboxylic acids is 1. The fourth-order valence-electron chi connectivity index (χ4n) is 3.28. The molecule has 0 aliphatic heterocycles. The molecule has 32 heavy (non-hydrogen) atoms. The number of hydrogen-bond acceptors (Lipinski definition) is 4. The normalized spacial score (nSPS) is 13.3. The number of benzene rings is 2. The highest BCUT2D eigenvalue weighted by molar-refractivity contribution is 6.04. The number of nitriles is 1. The number of carbonyl (C=O) groups is 1. The van der Waals surface area contributed by atoms with E-state index >= 15 is 0 Å². The quantitative estimate of drug-likeness (QED) is 0.532. The number of aryl methyl sites for hydroxylation is 1. The van der Waals surface area contributed by atoms with Crippen molar-refractivity contribution in [2.75, 3.05) is 10.6 Å². The minimum absolute atomic E-state index is 0.0918. The Morgan fingerprint density at radius 2 is 1.94 bits per heavy atom. The highest BCUT2D eigenvalue weighted by Crippen LogP contribution is 2.32. The number of alkyl halides is 3. The van der Waals surface area contributed by atoms with E-state index in [0.29, 0.717) is 28.7 Å². The Hall–Kier alpha value is -3.86. The molecule has 0 unspecified atom stereocenters. The van der Waals surface area contributed by atoms with Gasteiger partial charge in [-0.25, -0.2) is 4.98 Å². The third kappa shape index (κ3) is 4.72. The summed E-state index contributed by atoms with van der Waals surface area (Å²) in [6.45, 7) is 1.89. The maximum Gasteiger partial charge on any atom is 0.416 e. The first kappa shape index (κ1) is 21.4. The van der Waals surface area contributed by atoms with E-state index in [1.807, 2.05) is 6.92 Å². The van der Waals surface area contributed by atoms with Crippen LogP contribution in [0.2, 0.25) is 0 Å². The molecule has 162 valence electrons. The number of amides is 1. The van der Waals surface area contributed by atoms with Crippen LogP contribution in [0.3, 0.4) is 0 Å². The van der Waals surface area contributed by atoms with E-state index in [4.69, 9.17) is 0 Å². The lowest BCUT2D eigenvalue weighted by Gasteiger charge is -2.13. The molecule has 0 atom stereocenters. The van der Waals surface area contributed by atoms with Gasteiger partial charge in [0.2, 0.25) is 0 Å². The van der Waals surface area contributed by atoms with Crippen LogP contribution in [-0.4, -0.2) is 16.9 Å². The van der Waals surface area contributed by atoms with Crippen molar-refractivity contribution in [2.45, 2.75) is 32.0 Å². The molecule has 2 N–H and O–H groups in total. The highest BCUT2D eigenvalue weighted by Gasteiger charge is 2.31. The van der Waals surface area contributed by atoms with Crippen LogP contribution in [-0.2, 0) is 6.18 Å². The summed E-state index contributed by atoms with van der Waals surface area (Å²) in [6.07, 6.45) is -0.756. The minimum Gasteiger partial charge on any atom is -0.366 e. The second-order valence-corrected chi connectivity index (χ2v) is 7.71. The third-order valence-corrected chi connectivity index (χ3v) is 5.18. The maximum atomic E-state index is 12.9. The zero-order chi connectivity index (χ0) is 22.9. The number of pyridine rings is 1. The van der Waals surface area contributed by atoms with Gasteiger partial charge in [0.15, 0.2) is 0 Å². The van der Waals surface area contributed by atoms with Crippen LogP contribution in [0.15, 0.2) is 54.7 Å². The average Bonchev–Trinajstić information content (AvgIpc) is 3.59. The molecule has 0 spiro atoms. The Balaban J connectivity index is 1.59. The molecule has 4 rings (SSSR count). The number of nitrogens with one attached hydrogen (secondary N) is 2. The van der Waals surface area contributed by atoms with Gasteiger partial charge in [-0.2, -0.15) is 18.4 Å². The SMILES string of the molecule is Cc1ccc(NC(=O)c2cccc(C(F)(F)F)c2)cc1-c1cnc(NC2CC2)c(C#N)c1. The van der Waals surface area contributed by atoms with Crippen LogP contribution < -0.4 is 10.6 Å². The molecule has 1 fully saturated rings. The molecule has 0 bridgehead atoms. The highest BCUT2D eigenvalue weighted by atomic mass is 19.4. The maximum absolute atomic E-state index is 12.9. The Morgan fingerprint density at radius 3 is 2.62 bits per heavy atom. The standard InChI is InChI=1S/C24H19F3N4O/c1-14-5-6-20(31-23(32)15-3-2-4-18(10-15)24(25,26)27)11-21(14)17-9-16(12-28)22(29-13-17)30-19-7-8-19/h2-6,9-11,13,19H,7-8H2,1H3,(H,29,30)(H,31,32). The molecule has 0 saturated heterocycles. The molecule has 1 aliphatic carbocycles. The molecular weight excluding hydrogens is 417 g/mol. The average molecular weight is 436 g/mol. The molecule has 2 aromatic carbocycles. The summed E-state index contributed by atoms with van der Waals surface area (Å²) in [6, 6.07) is 13.7. The molecule has 1 amide bonds. The topological polar surface area (TPSA) is 77.8 Å². The van der Waals surface area contributed by atoms with Crippen LogP contribution in [0.5, 0.6) is 0 Å². The van der Waals surface area contributed by atoms with Crippen molar-refractivity contribution >= 4 is 17.4 Å². The molecule has 1 saturated carbocycles. The fraction of sp³-hybridized carbons (Fsp3) is 0.208. The number of rotatable bonds is 5. The summed E-state index contributed by atoms with van der Waals surface area (Å²) < 4.78 is 38.8. The van der Waals surface area contributed by atoms with Crippen molar-refractivity contribution in [3.8, 4) is 17.2 Å². The fourth-order valence-corrected chi connectivity index (χ4v) is 3.28. The first-order chi connectivity index (χ1) is 15.2. The monoisotopic (exact) mass is 436 g/mol. The number of hydrogen-bond donors (Lipinski definition) is 2. The van der Waals surface area contributed by atoms with Gasteiger partial charge in [0, 0.05) is 29.1 Å². The summed E-state index contributed by atoms with van der Waals surface area (Å²) in [7, 11) is 0. The second-order valence-electron chi connectivity index (χ2n) is 7.71. The van der Waals surface area contributed by atoms with Crippen LogP contribution >= 0.6 is 0 Å². The van der Waals surface area contributed by atoms with E-state index in [-0.39, 0.29) is 5.56 Å². The summed E-state index contributed by atoms with van der Waals surface area (Å²) in [5.74, 6) is -0.101. The zero-order valence-electron chi connectivity index (χ0n) is 17.1. The largest absolute Gasteiger partial charge is 0.416 e.